The number of nitrogens with zero attached hydrogens (tertiary/aromatic N) is 2. The van der Waals surface area contributed by atoms with Crippen LogP contribution in [-0.2, 0) is 22.5 Å². The number of carbonyl (C=O) groups is 1. The molecule has 1 aromatic heterocycles. The number of carbonyl (C=O) groups excluding carboxylic acids is 1. The van der Waals surface area contributed by atoms with Crippen LogP contribution in [0.3, 0.4) is 0 Å². The molecule has 0 saturated carbocycles. The van der Waals surface area contributed by atoms with Crippen molar-refractivity contribution in [3.8, 4) is 5.75 Å². The number of fused-ring (bicyclic) bond motifs is 7. The number of likely N-dealkylation sites (tertiary alicyclic amines) is 1. The maximum atomic E-state index is 12.9. The summed E-state index contributed by atoms with van der Waals surface area (Å²) in [6.07, 6.45) is 9.78. The van der Waals surface area contributed by atoms with Crippen molar-refractivity contribution in [2.45, 2.75) is 70.5 Å². The van der Waals surface area contributed by atoms with Crippen molar-refractivity contribution < 1.29 is 19.1 Å². The van der Waals surface area contributed by atoms with Crippen molar-refractivity contribution in [1.29, 1.82) is 0 Å². The molecule has 2 unspecified atom stereocenters. The van der Waals surface area contributed by atoms with Crippen LogP contribution in [-0.4, -0.2) is 59.7 Å². The lowest BCUT2D eigenvalue weighted by molar-refractivity contribution is -0.139. The fourth-order valence-electron chi connectivity index (χ4n) is 7.57. The van der Waals surface area contributed by atoms with Crippen LogP contribution in [0, 0.1) is 18.8 Å². The van der Waals surface area contributed by atoms with Crippen LogP contribution in [0.15, 0.2) is 26.9 Å². The second kappa shape index (κ2) is 9.75. The van der Waals surface area contributed by atoms with Crippen molar-refractivity contribution in [2.24, 2.45) is 11.8 Å². The molecule has 1 aliphatic carbocycles. The summed E-state index contributed by atoms with van der Waals surface area (Å²) >= 11 is 6.51. The highest BCUT2D eigenvalue weighted by Gasteiger charge is 2.46. The Morgan fingerprint density at radius 3 is 2.89 bits per heavy atom. The van der Waals surface area contributed by atoms with Gasteiger partial charge in [-0.05, 0) is 75.6 Å². The molecule has 3 fully saturated rings. The molecular formula is C29H35ClN2O5. The van der Waals surface area contributed by atoms with Crippen molar-refractivity contribution in [1.82, 2.24) is 9.80 Å². The van der Waals surface area contributed by atoms with E-state index in [-0.39, 0.29) is 22.8 Å². The number of ether oxygens (including phenoxy) is 1. The third-order valence-electron chi connectivity index (χ3n) is 9.27. The molecule has 7 nitrogen and oxygen atoms in total. The molecule has 4 heterocycles. The first-order valence-electron chi connectivity index (χ1n) is 13.6. The Labute approximate surface area is 222 Å². The number of phenols is 1. The molecule has 2 aromatic rings. The predicted molar refractivity (Wildman–Crippen MR) is 142 cm³/mol. The average molecular weight is 527 g/mol. The summed E-state index contributed by atoms with van der Waals surface area (Å²) in [6, 6.07) is 2.65. The second-order valence-corrected chi connectivity index (χ2v) is 11.7. The Morgan fingerprint density at radius 2 is 2.08 bits per heavy atom. The smallest absolute Gasteiger partial charge is 0.340 e. The maximum absolute atomic E-state index is 12.9. The third kappa shape index (κ3) is 4.29. The monoisotopic (exact) mass is 526 g/mol. The van der Waals surface area contributed by atoms with Gasteiger partial charge >= 0.3 is 11.6 Å². The topological polar surface area (TPSA) is 83.2 Å². The summed E-state index contributed by atoms with van der Waals surface area (Å²) in [5.41, 5.74) is 2.74. The molecular weight excluding hydrogens is 492 g/mol. The summed E-state index contributed by atoms with van der Waals surface area (Å²) in [6.45, 7) is 5.49. The number of halogens is 1. The Morgan fingerprint density at radius 1 is 1.24 bits per heavy atom. The second-order valence-electron chi connectivity index (χ2n) is 11.3. The van der Waals surface area contributed by atoms with Gasteiger partial charge in [0.15, 0.2) is 0 Å². The van der Waals surface area contributed by atoms with Gasteiger partial charge in [-0.3, -0.25) is 14.6 Å². The normalized spacial score (nSPS) is 27.9. The van der Waals surface area contributed by atoms with Gasteiger partial charge < -0.3 is 14.3 Å². The van der Waals surface area contributed by atoms with Crippen LogP contribution in [0.1, 0.15) is 55.2 Å². The van der Waals surface area contributed by atoms with Gasteiger partial charge in [0.1, 0.15) is 11.3 Å². The number of methoxy groups -OCH3 is 1. The summed E-state index contributed by atoms with van der Waals surface area (Å²) in [4.78, 5) is 30.0. The summed E-state index contributed by atoms with van der Waals surface area (Å²) in [5, 5.41) is 11.9. The van der Waals surface area contributed by atoms with E-state index in [1.807, 2.05) is 0 Å². The first kappa shape index (κ1) is 25.0. The van der Waals surface area contributed by atoms with E-state index in [4.69, 9.17) is 20.8 Å². The fourth-order valence-corrected chi connectivity index (χ4v) is 7.80. The molecule has 3 aliphatic heterocycles. The van der Waals surface area contributed by atoms with Crippen LogP contribution in [0.2, 0.25) is 5.02 Å². The van der Waals surface area contributed by atoms with Crippen LogP contribution in [0.5, 0.6) is 5.75 Å². The summed E-state index contributed by atoms with van der Waals surface area (Å²) in [5.74, 6) is 0.667. The van der Waals surface area contributed by atoms with E-state index >= 15 is 0 Å². The third-order valence-corrected chi connectivity index (χ3v) is 9.56. The highest BCUT2D eigenvalue weighted by molar-refractivity contribution is 6.33. The minimum Gasteiger partial charge on any atom is -0.506 e. The number of esters is 1. The van der Waals surface area contributed by atoms with Gasteiger partial charge in [-0.15, -0.1) is 0 Å². The largest absolute Gasteiger partial charge is 0.506 e. The van der Waals surface area contributed by atoms with Crippen molar-refractivity contribution >= 4 is 28.5 Å². The lowest BCUT2D eigenvalue weighted by Gasteiger charge is -2.54. The van der Waals surface area contributed by atoms with E-state index in [0.717, 1.165) is 25.9 Å². The van der Waals surface area contributed by atoms with Crippen LogP contribution >= 0.6 is 11.6 Å². The molecule has 4 aliphatic rings. The quantitative estimate of drug-likeness (QED) is 0.355. The molecule has 0 radical (unpaired) electrons. The van der Waals surface area contributed by atoms with Gasteiger partial charge in [-0.1, -0.05) is 29.7 Å². The Balaban J connectivity index is 1.38. The number of aryl methyl sites for hydroxylation is 1. The zero-order valence-electron chi connectivity index (χ0n) is 21.6. The first-order valence-corrected chi connectivity index (χ1v) is 14.0. The summed E-state index contributed by atoms with van der Waals surface area (Å²) < 4.78 is 10.5. The van der Waals surface area contributed by atoms with Crippen LogP contribution in [0.25, 0.3) is 11.0 Å². The molecule has 198 valence electrons. The van der Waals surface area contributed by atoms with E-state index < -0.39 is 11.6 Å². The molecule has 37 heavy (non-hydrogen) atoms. The summed E-state index contributed by atoms with van der Waals surface area (Å²) in [7, 11) is 1.29. The highest BCUT2D eigenvalue weighted by Crippen LogP contribution is 2.46. The van der Waals surface area contributed by atoms with E-state index in [1.165, 1.54) is 39.3 Å². The molecule has 3 saturated heterocycles. The minimum atomic E-state index is -0.582. The molecule has 6 rings (SSSR count). The Kier molecular flexibility index (Phi) is 6.58. The Hall–Kier alpha value is -2.35. The number of benzene rings is 1. The number of rotatable bonds is 4. The van der Waals surface area contributed by atoms with Gasteiger partial charge in [0.2, 0.25) is 0 Å². The molecule has 0 spiro atoms. The van der Waals surface area contributed by atoms with E-state index in [1.54, 1.807) is 18.6 Å². The van der Waals surface area contributed by atoms with Gasteiger partial charge in [-0.2, -0.15) is 0 Å². The lowest BCUT2D eigenvalue weighted by atomic mass is 9.68. The number of piperidine rings is 3. The molecule has 1 aromatic carbocycles. The van der Waals surface area contributed by atoms with Crippen molar-refractivity contribution in [2.75, 3.05) is 26.7 Å². The zero-order chi connectivity index (χ0) is 25.8. The van der Waals surface area contributed by atoms with Gasteiger partial charge in [0, 0.05) is 30.6 Å². The average Bonchev–Trinajstić information content (AvgIpc) is 2.90. The fraction of sp³-hybridized carbons (Fsp3) is 0.586. The predicted octanol–water partition coefficient (Wildman–Crippen LogP) is 4.57. The van der Waals surface area contributed by atoms with Crippen LogP contribution in [0.4, 0.5) is 0 Å². The van der Waals surface area contributed by atoms with Gasteiger partial charge in [0.05, 0.1) is 29.7 Å². The molecule has 0 amide bonds. The zero-order valence-corrected chi connectivity index (χ0v) is 22.4. The SMILES string of the molecule is COC(=O)Cc1c(C)c2cc(Cl)c(O)c(CN3CCCC4=CC5CC(CN6CCCC[C@H]56)[C@@H]43)c2oc1=O. The molecule has 8 heteroatoms. The number of hydrogen-bond acceptors (Lipinski definition) is 7. The lowest BCUT2D eigenvalue weighted by Crippen LogP contribution is -2.59. The maximum Gasteiger partial charge on any atom is 0.340 e. The highest BCUT2D eigenvalue weighted by atomic mass is 35.5. The van der Waals surface area contributed by atoms with Gasteiger partial charge in [0.25, 0.3) is 0 Å². The standard InChI is InChI=1S/C29H35ClN2O5/c1-16-20-12-23(30)27(34)22(28(20)37-29(35)21(16)13-25(33)36-2)15-32-9-5-6-17-10-18-11-19(26(17)32)14-31-8-4-3-7-24(18)31/h10,12,18-19,24,26,34H,3-9,11,13-15H2,1-2H3/t18?,19?,24-,26-/m1/s1. The number of hydrogen-bond donors (Lipinski definition) is 1. The molecule has 2 bridgehead atoms. The van der Waals surface area contributed by atoms with E-state index in [0.29, 0.717) is 52.6 Å². The first-order chi connectivity index (χ1) is 17.9. The number of phenolic OH excluding ortho intramolecular Hbond substituents is 1. The van der Waals surface area contributed by atoms with E-state index in [9.17, 15) is 14.7 Å². The van der Waals surface area contributed by atoms with Crippen LogP contribution < -0.4 is 5.63 Å². The van der Waals surface area contributed by atoms with Gasteiger partial charge in [-0.25, -0.2) is 4.79 Å². The minimum absolute atomic E-state index is 0.0398. The van der Waals surface area contributed by atoms with Crippen molar-refractivity contribution in [3.05, 3.63) is 49.8 Å². The Bertz CT molecular complexity index is 1330. The van der Waals surface area contributed by atoms with Crippen molar-refractivity contribution in [3.63, 3.8) is 0 Å². The molecule has 4 atom stereocenters. The number of aromatic hydroxyl groups is 1. The van der Waals surface area contributed by atoms with E-state index in [2.05, 4.69) is 15.9 Å². The molecule has 1 N–H and O–H groups in total.